The van der Waals surface area contributed by atoms with Gasteiger partial charge in [-0.25, -0.2) is 0 Å². The third kappa shape index (κ3) is 4.41. The second kappa shape index (κ2) is 9.47. The lowest BCUT2D eigenvalue weighted by atomic mass is 9.85. The number of likely N-dealkylation sites (tertiary alicyclic amines) is 1. The number of aromatic nitrogens is 2. The summed E-state index contributed by atoms with van der Waals surface area (Å²) in [7, 11) is 0. The lowest BCUT2D eigenvalue weighted by Crippen LogP contribution is -2.40. The first-order valence-electron chi connectivity index (χ1n) is 11.5. The molecule has 1 saturated heterocycles. The van der Waals surface area contributed by atoms with Crippen molar-refractivity contribution in [2.45, 2.75) is 25.9 Å². The molecule has 2 aromatic carbocycles. The van der Waals surface area contributed by atoms with Gasteiger partial charge in [-0.05, 0) is 18.4 Å². The molecule has 0 spiro atoms. The molecule has 1 fully saturated rings. The fourth-order valence-corrected chi connectivity index (χ4v) is 4.70. The normalized spacial score (nSPS) is 19.4. The summed E-state index contributed by atoms with van der Waals surface area (Å²) in [5.74, 6) is -1.49. The molecule has 0 bridgehead atoms. The highest BCUT2D eigenvalue weighted by atomic mass is 16.2. The Kier molecular flexibility index (Phi) is 6.08. The number of nitrogens with one attached hydrogen (secondary N) is 1. The minimum Gasteiger partial charge on any atom is -0.350 e. The Morgan fingerprint density at radius 2 is 1.53 bits per heavy atom. The van der Waals surface area contributed by atoms with Gasteiger partial charge >= 0.3 is 0 Å². The van der Waals surface area contributed by atoms with Gasteiger partial charge in [0, 0.05) is 23.9 Å². The van der Waals surface area contributed by atoms with E-state index in [9.17, 15) is 14.4 Å². The van der Waals surface area contributed by atoms with E-state index in [1.54, 1.807) is 0 Å². The maximum Gasteiger partial charge on any atom is 0.240 e. The summed E-state index contributed by atoms with van der Waals surface area (Å²) in [4.78, 5) is 39.1. The summed E-state index contributed by atoms with van der Waals surface area (Å²) < 4.78 is 1.87. The first kappa shape index (κ1) is 21.8. The van der Waals surface area contributed by atoms with E-state index >= 15 is 0 Å². The van der Waals surface area contributed by atoms with Crippen molar-refractivity contribution in [1.82, 2.24) is 20.0 Å². The number of hydrogen-bond donors (Lipinski definition) is 1. The van der Waals surface area contributed by atoms with Crippen molar-refractivity contribution in [1.29, 1.82) is 0 Å². The number of nitrogens with zero attached hydrogens (tertiary/aromatic N) is 3. The van der Waals surface area contributed by atoms with Gasteiger partial charge < -0.3 is 5.32 Å². The van der Waals surface area contributed by atoms with Crippen molar-refractivity contribution in [2.24, 2.45) is 11.8 Å². The van der Waals surface area contributed by atoms with E-state index in [2.05, 4.69) is 5.32 Å². The molecule has 172 valence electrons. The standard InChI is InChI=1S/C27H26N4O3/c32-24(18-31-26(33)22-13-7-8-14-23(22)27(31)34)28-15-21-17-30(16-19-9-3-1-4-10-19)29-25(21)20-11-5-2-6-12-20/h1-12,17,22-23H,13-16,18H2,(H,28,32)/t22-,23-/m1/s1. The van der Waals surface area contributed by atoms with E-state index in [1.807, 2.05) is 83.7 Å². The van der Waals surface area contributed by atoms with Crippen molar-refractivity contribution in [3.8, 4) is 11.3 Å². The first-order chi connectivity index (χ1) is 16.6. The smallest absolute Gasteiger partial charge is 0.240 e. The van der Waals surface area contributed by atoms with Gasteiger partial charge in [0.15, 0.2) is 0 Å². The molecule has 7 heteroatoms. The van der Waals surface area contributed by atoms with Crippen LogP contribution in [0.3, 0.4) is 0 Å². The Labute approximate surface area is 198 Å². The summed E-state index contributed by atoms with van der Waals surface area (Å²) in [5.41, 5.74) is 3.75. The van der Waals surface area contributed by atoms with Crippen LogP contribution in [0.15, 0.2) is 79.0 Å². The Morgan fingerprint density at radius 1 is 0.912 bits per heavy atom. The summed E-state index contributed by atoms with van der Waals surface area (Å²) in [6.45, 7) is 0.619. The SMILES string of the molecule is O=C(CN1C(=O)[C@@H]2CC=CC[C@H]2C1=O)NCc1cn(Cc2ccccc2)nc1-c1ccccc1. The Morgan fingerprint density at radius 3 is 2.18 bits per heavy atom. The molecule has 1 aliphatic carbocycles. The van der Waals surface area contributed by atoms with Crippen LogP contribution in [0.5, 0.6) is 0 Å². The zero-order valence-electron chi connectivity index (χ0n) is 18.8. The van der Waals surface area contributed by atoms with Crippen molar-refractivity contribution >= 4 is 17.7 Å². The lowest BCUT2D eigenvalue weighted by Gasteiger charge is -2.14. The maximum atomic E-state index is 12.7. The number of benzene rings is 2. The highest BCUT2D eigenvalue weighted by Crippen LogP contribution is 2.34. The molecule has 3 amide bonds. The molecule has 2 aliphatic rings. The lowest BCUT2D eigenvalue weighted by molar-refractivity contribution is -0.143. The minimum absolute atomic E-state index is 0.241. The van der Waals surface area contributed by atoms with Crippen LogP contribution >= 0.6 is 0 Å². The first-order valence-corrected chi connectivity index (χ1v) is 11.5. The third-order valence-electron chi connectivity index (χ3n) is 6.45. The van der Waals surface area contributed by atoms with Gasteiger partial charge in [-0.2, -0.15) is 5.10 Å². The van der Waals surface area contributed by atoms with E-state index in [-0.39, 0.29) is 42.6 Å². The number of carbonyl (C=O) groups excluding carboxylic acids is 3. The van der Waals surface area contributed by atoms with Crippen LogP contribution < -0.4 is 5.32 Å². The molecule has 5 rings (SSSR count). The molecule has 0 unspecified atom stereocenters. The Hall–Kier alpha value is -4.00. The molecule has 1 aromatic heterocycles. The second-order valence-electron chi connectivity index (χ2n) is 8.75. The number of hydrogen-bond acceptors (Lipinski definition) is 4. The highest BCUT2D eigenvalue weighted by Gasteiger charge is 2.47. The molecular formula is C27H26N4O3. The molecule has 0 saturated carbocycles. The quantitative estimate of drug-likeness (QED) is 0.439. The monoisotopic (exact) mass is 454 g/mol. The molecule has 0 radical (unpaired) electrons. The third-order valence-corrected chi connectivity index (χ3v) is 6.45. The van der Waals surface area contributed by atoms with Crippen molar-refractivity contribution in [3.05, 3.63) is 90.1 Å². The summed E-state index contributed by atoms with van der Waals surface area (Å²) in [5, 5.41) is 7.65. The number of fused-ring (bicyclic) bond motifs is 1. The summed E-state index contributed by atoms with van der Waals surface area (Å²) in [6.07, 6.45) is 6.94. The summed E-state index contributed by atoms with van der Waals surface area (Å²) >= 11 is 0. The minimum atomic E-state index is -0.358. The summed E-state index contributed by atoms with van der Waals surface area (Å²) in [6, 6.07) is 19.9. The van der Waals surface area contributed by atoms with E-state index in [0.717, 1.165) is 27.3 Å². The van der Waals surface area contributed by atoms with Crippen LogP contribution in [0.1, 0.15) is 24.0 Å². The average molecular weight is 455 g/mol. The van der Waals surface area contributed by atoms with Gasteiger partial charge in [-0.1, -0.05) is 72.8 Å². The predicted octanol–water partition coefficient (Wildman–Crippen LogP) is 3.17. The number of allylic oxidation sites excluding steroid dienone is 2. The fourth-order valence-electron chi connectivity index (χ4n) is 4.70. The van der Waals surface area contributed by atoms with Gasteiger partial charge in [-0.3, -0.25) is 24.0 Å². The molecule has 2 atom stereocenters. The van der Waals surface area contributed by atoms with Crippen LogP contribution in [-0.2, 0) is 27.5 Å². The van der Waals surface area contributed by atoms with E-state index < -0.39 is 0 Å². The molecule has 2 heterocycles. The Bertz CT molecular complexity index is 1210. The number of rotatable bonds is 7. The van der Waals surface area contributed by atoms with Gasteiger partial charge in [0.05, 0.1) is 24.1 Å². The van der Waals surface area contributed by atoms with E-state index in [4.69, 9.17) is 5.10 Å². The Balaban J connectivity index is 1.29. The molecular weight excluding hydrogens is 428 g/mol. The van der Waals surface area contributed by atoms with Gasteiger partial charge in [0.2, 0.25) is 17.7 Å². The van der Waals surface area contributed by atoms with Gasteiger partial charge in [-0.15, -0.1) is 0 Å². The zero-order chi connectivity index (χ0) is 23.5. The van der Waals surface area contributed by atoms with Gasteiger partial charge in [0.1, 0.15) is 6.54 Å². The molecule has 34 heavy (non-hydrogen) atoms. The second-order valence-corrected chi connectivity index (χ2v) is 8.75. The molecule has 1 N–H and O–H groups in total. The molecule has 7 nitrogen and oxygen atoms in total. The van der Waals surface area contributed by atoms with Crippen LogP contribution in [-0.4, -0.2) is 38.9 Å². The topological polar surface area (TPSA) is 84.3 Å². The average Bonchev–Trinajstić information content (AvgIpc) is 3.38. The van der Waals surface area contributed by atoms with Crippen LogP contribution in [0.4, 0.5) is 0 Å². The molecule has 3 aromatic rings. The number of carbonyl (C=O) groups is 3. The number of imide groups is 1. The van der Waals surface area contributed by atoms with Crippen LogP contribution in [0.2, 0.25) is 0 Å². The van der Waals surface area contributed by atoms with Crippen LogP contribution in [0.25, 0.3) is 11.3 Å². The highest BCUT2D eigenvalue weighted by molar-refractivity contribution is 6.07. The van der Waals surface area contributed by atoms with Crippen molar-refractivity contribution in [2.75, 3.05) is 6.54 Å². The maximum absolute atomic E-state index is 12.7. The molecule has 1 aliphatic heterocycles. The van der Waals surface area contributed by atoms with E-state index in [1.165, 1.54) is 0 Å². The van der Waals surface area contributed by atoms with Crippen LogP contribution in [0, 0.1) is 11.8 Å². The van der Waals surface area contributed by atoms with Gasteiger partial charge in [0.25, 0.3) is 0 Å². The van der Waals surface area contributed by atoms with Crippen molar-refractivity contribution in [3.63, 3.8) is 0 Å². The largest absolute Gasteiger partial charge is 0.350 e. The predicted molar refractivity (Wildman–Crippen MR) is 127 cm³/mol. The van der Waals surface area contributed by atoms with E-state index in [0.29, 0.717) is 19.4 Å². The number of amides is 3. The zero-order valence-corrected chi connectivity index (χ0v) is 18.8. The van der Waals surface area contributed by atoms with Crippen molar-refractivity contribution < 1.29 is 14.4 Å². The fraction of sp³-hybridized carbons (Fsp3) is 0.259.